The van der Waals surface area contributed by atoms with E-state index in [-0.39, 0.29) is 13.0 Å². The molecule has 1 aliphatic heterocycles. The van der Waals surface area contributed by atoms with E-state index in [0.717, 1.165) is 12.2 Å². The summed E-state index contributed by atoms with van der Waals surface area (Å²) in [4.78, 5) is 36.3. The number of hydrogen-bond acceptors (Lipinski definition) is 4. The molecule has 0 aromatic heterocycles. The summed E-state index contributed by atoms with van der Waals surface area (Å²) in [5, 5.41) is 8.77. The summed E-state index contributed by atoms with van der Waals surface area (Å²) in [5.74, 6) is -2.22. The molecule has 1 heterocycles. The number of hydrogen-bond donors (Lipinski definition) is 1. The second kappa shape index (κ2) is 3.81. The number of imide groups is 1. The Kier molecular flexibility index (Phi) is 2.76. The molecule has 0 atom stereocenters. The van der Waals surface area contributed by atoms with E-state index in [1.54, 1.807) is 0 Å². The zero-order valence-electron chi connectivity index (χ0n) is 6.60. The molecule has 1 rings (SSSR count). The molecule has 0 saturated carbocycles. The fourth-order valence-corrected chi connectivity index (χ4v) is 0.738. The lowest BCUT2D eigenvalue weighted by molar-refractivity contribution is -0.187. The van der Waals surface area contributed by atoms with Crippen LogP contribution in [0.1, 0.15) is 6.42 Å². The van der Waals surface area contributed by atoms with E-state index in [2.05, 4.69) is 4.84 Å². The van der Waals surface area contributed by atoms with Crippen molar-refractivity contribution < 1.29 is 24.3 Å². The predicted octanol–water partition coefficient (Wildman–Crippen LogP) is -0.682. The number of carboxylic acids is 1. The van der Waals surface area contributed by atoms with Gasteiger partial charge in [-0.2, -0.15) is 0 Å². The minimum absolute atomic E-state index is 0.200. The van der Waals surface area contributed by atoms with Gasteiger partial charge in [0.1, 0.15) is 0 Å². The van der Waals surface area contributed by atoms with Gasteiger partial charge in [0.2, 0.25) is 0 Å². The molecule has 0 aromatic carbocycles. The normalized spacial score (nSPS) is 15.5. The first-order valence-corrected chi connectivity index (χ1v) is 3.52. The first kappa shape index (κ1) is 9.40. The molecule has 0 bridgehead atoms. The Labute approximate surface area is 73.3 Å². The van der Waals surface area contributed by atoms with Crippen LogP contribution < -0.4 is 0 Å². The molecule has 2 amide bonds. The summed E-state index contributed by atoms with van der Waals surface area (Å²) >= 11 is 0. The summed E-state index contributed by atoms with van der Waals surface area (Å²) in [6.45, 7) is -0.200. The first-order chi connectivity index (χ1) is 6.11. The average molecular weight is 185 g/mol. The summed E-state index contributed by atoms with van der Waals surface area (Å²) in [5.41, 5.74) is 0. The molecule has 70 valence electrons. The highest BCUT2D eigenvalue weighted by molar-refractivity contribution is 6.11. The van der Waals surface area contributed by atoms with Gasteiger partial charge in [0, 0.05) is 12.2 Å². The zero-order chi connectivity index (χ0) is 9.84. The van der Waals surface area contributed by atoms with Crippen LogP contribution in [-0.4, -0.2) is 34.6 Å². The molecule has 1 aliphatic rings. The summed E-state index contributed by atoms with van der Waals surface area (Å²) in [6.07, 6.45) is 1.86. The highest BCUT2D eigenvalue weighted by Crippen LogP contribution is 2.04. The summed E-state index contributed by atoms with van der Waals surface area (Å²) in [7, 11) is 0. The van der Waals surface area contributed by atoms with E-state index in [1.807, 2.05) is 0 Å². The standard InChI is InChI=1S/C7H7NO5/c9-5-1-2-6(10)8(5)13-4-3-7(11)12/h1-2H,3-4H2,(H,11,12). The number of amides is 2. The van der Waals surface area contributed by atoms with E-state index < -0.39 is 17.8 Å². The second-order valence-electron chi connectivity index (χ2n) is 2.28. The minimum Gasteiger partial charge on any atom is -0.481 e. The van der Waals surface area contributed by atoms with Crippen LogP contribution in [0.25, 0.3) is 0 Å². The number of carboxylic acid groups (broad SMARTS) is 1. The van der Waals surface area contributed by atoms with Crippen LogP contribution in [-0.2, 0) is 19.2 Å². The van der Waals surface area contributed by atoms with Gasteiger partial charge >= 0.3 is 5.97 Å². The maximum Gasteiger partial charge on any atom is 0.305 e. The van der Waals surface area contributed by atoms with Gasteiger partial charge in [-0.3, -0.25) is 19.2 Å². The zero-order valence-corrected chi connectivity index (χ0v) is 6.60. The maximum absolute atomic E-state index is 10.8. The van der Waals surface area contributed by atoms with E-state index >= 15 is 0 Å². The van der Waals surface area contributed by atoms with Crippen molar-refractivity contribution in [3.63, 3.8) is 0 Å². The summed E-state index contributed by atoms with van der Waals surface area (Å²) < 4.78 is 0. The lowest BCUT2D eigenvalue weighted by Crippen LogP contribution is -2.30. The monoisotopic (exact) mass is 185 g/mol. The third-order valence-corrected chi connectivity index (χ3v) is 1.31. The van der Waals surface area contributed by atoms with Gasteiger partial charge in [-0.15, -0.1) is 5.06 Å². The number of hydroxylamine groups is 2. The molecule has 0 aliphatic carbocycles. The van der Waals surface area contributed by atoms with Crippen molar-refractivity contribution in [2.75, 3.05) is 6.61 Å². The molecule has 0 spiro atoms. The Morgan fingerprint density at radius 2 is 1.92 bits per heavy atom. The van der Waals surface area contributed by atoms with Crippen LogP contribution in [0.3, 0.4) is 0 Å². The number of carbonyl (C=O) groups excluding carboxylic acids is 2. The van der Waals surface area contributed by atoms with Crippen molar-refractivity contribution in [3.05, 3.63) is 12.2 Å². The Hall–Kier alpha value is -1.69. The Morgan fingerprint density at radius 1 is 1.38 bits per heavy atom. The van der Waals surface area contributed by atoms with E-state index in [4.69, 9.17) is 5.11 Å². The predicted molar refractivity (Wildman–Crippen MR) is 39.2 cm³/mol. The molecule has 0 radical (unpaired) electrons. The summed E-state index contributed by atoms with van der Waals surface area (Å²) in [6, 6.07) is 0. The molecule has 0 fully saturated rings. The second-order valence-corrected chi connectivity index (χ2v) is 2.28. The smallest absolute Gasteiger partial charge is 0.305 e. The van der Waals surface area contributed by atoms with Crippen molar-refractivity contribution in [3.8, 4) is 0 Å². The van der Waals surface area contributed by atoms with E-state index in [9.17, 15) is 14.4 Å². The van der Waals surface area contributed by atoms with Crippen LogP contribution >= 0.6 is 0 Å². The molecule has 0 unspecified atom stereocenters. The van der Waals surface area contributed by atoms with E-state index in [1.165, 1.54) is 0 Å². The van der Waals surface area contributed by atoms with Crippen LogP contribution in [0.5, 0.6) is 0 Å². The topological polar surface area (TPSA) is 83.9 Å². The van der Waals surface area contributed by atoms with Gasteiger partial charge in [0.05, 0.1) is 13.0 Å². The largest absolute Gasteiger partial charge is 0.481 e. The molecule has 6 nitrogen and oxygen atoms in total. The molecule has 0 aromatic rings. The lowest BCUT2D eigenvalue weighted by atomic mass is 10.5. The molecular formula is C7H7NO5. The van der Waals surface area contributed by atoms with E-state index in [0.29, 0.717) is 5.06 Å². The number of carbonyl (C=O) groups is 3. The van der Waals surface area contributed by atoms with Crippen molar-refractivity contribution in [2.24, 2.45) is 0 Å². The first-order valence-electron chi connectivity index (χ1n) is 3.52. The Balaban J connectivity index is 2.34. The number of rotatable bonds is 4. The molecular weight excluding hydrogens is 178 g/mol. The third-order valence-electron chi connectivity index (χ3n) is 1.31. The van der Waals surface area contributed by atoms with Gasteiger partial charge in [0.15, 0.2) is 0 Å². The van der Waals surface area contributed by atoms with Crippen molar-refractivity contribution in [1.82, 2.24) is 5.06 Å². The van der Waals surface area contributed by atoms with Crippen LogP contribution in [0, 0.1) is 0 Å². The van der Waals surface area contributed by atoms with Gasteiger partial charge < -0.3 is 5.11 Å². The van der Waals surface area contributed by atoms with Gasteiger partial charge in [-0.1, -0.05) is 0 Å². The highest BCUT2D eigenvalue weighted by atomic mass is 16.7. The maximum atomic E-state index is 10.8. The Morgan fingerprint density at radius 3 is 2.38 bits per heavy atom. The fraction of sp³-hybridized carbons (Fsp3) is 0.286. The molecule has 6 heteroatoms. The molecule has 0 saturated heterocycles. The number of nitrogens with zero attached hydrogens (tertiary/aromatic N) is 1. The lowest BCUT2D eigenvalue weighted by Gasteiger charge is -2.11. The van der Waals surface area contributed by atoms with Crippen molar-refractivity contribution in [2.45, 2.75) is 6.42 Å². The van der Waals surface area contributed by atoms with Crippen LogP contribution in [0.15, 0.2) is 12.2 Å². The Bertz CT molecular complexity index is 265. The van der Waals surface area contributed by atoms with Gasteiger partial charge in [0.25, 0.3) is 11.8 Å². The van der Waals surface area contributed by atoms with Gasteiger partial charge in [-0.25, -0.2) is 0 Å². The van der Waals surface area contributed by atoms with Crippen molar-refractivity contribution in [1.29, 1.82) is 0 Å². The van der Waals surface area contributed by atoms with Crippen molar-refractivity contribution >= 4 is 17.8 Å². The highest BCUT2D eigenvalue weighted by Gasteiger charge is 2.24. The molecule has 13 heavy (non-hydrogen) atoms. The average Bonchev–Trinajstić information content (AvgIpc) is 2.34. The minimum atomic E-state index is -1.05. The quantitative estimate of drug-likeness (QED) is 0.586. The number of aliphatic carboxylic acids is 1. The fourth-order valence-electron chi connectivity index (χ4n) is 0.738. The third kappa shape index (κ3) is 2.38. The SMILES string of the molecule is O=C(O)CCON1C(=O)C=CC1=O. The molecule has 1 N–H and O–H groups in total. The van der Waals surface area contributed by atoms with Crippen LogP contribution in [0.2, 0.25) is 0 Å². The van der Waals surface area contributed by atoms with Crippen LogP contribution in [0.4, 0.5) is 0 Å². The van der Waals surface area contributed by atoms with Gasteiger partial charge in [-0.05, 0) is 0 Å².